The van der Waals surface area contributed by atoms with Crippen LogP contribution in [0, 0.1) is 13.8 Å². The predicted octanol–water partition coefficient (Wildman–Crippen LogP) is 3.39. The minimum atomic E-state index is 0.211. The first kappa shape index (κ1) is 12.7. The average molecular weight is 267 g/mol. The Labute approximate surface area is 117 Å². The Bertz CT molecular complexity index is 672. The quantitative estimate of drug-likeness (QED) is 0.788. The van der Waals surface area contributed by atoms with Crippen molar-refractivity contribution in [2.45, 2.75) is 26.2 Å². The zero-order chi connectivity index (χ0) is 13.9. The van der Waals surface area contributed by atoms with E-state index in [0.717, 1.165) is 17.8 Å². The van der Waals surface area contributed by atoms with Gasteiger partial charge < -0.3 is 9.40 Å². The molecular weight excluding hydrogens is 250 g/mol. The summed E-state index contributed by atoms with van der Waals surface area (Å²) < 4.78 is 5.09. The summed E-state index contributed by atoms with van der Waals surface area (Å²) in [6.07, 6.45) is 7.57. The minimum Gasteiger partial charge on any atom is -0.451 e. The lowest BCUT2D eigenvalue weighted by Gasteiger charge is -2.18. The van der Waals surface area contributed by atoms with Crippen LogP contribution in [0.2, 0.25) is 0 Å². The van der Waals surface area contributed by atoms with Crippen LogP contribution >= 0.6 is 0 Å². The van der Waals surface area contributed by atoms with Crippen LogP contribution in [0.4, 0.5) is 0 Å². The second-order valence-electron chi connectivity index (χ2n) is 5.03. The molecule has 0 saturated heterocycles. The standard InChI is InChI=1S/C16H17N3O/c1-11-4-3-5-14(12(11)2)15(16-7-17-9-18-16)6-13-8-20-10-19-13/h3-5,7-10,15H,6H2,1-2H3,(H,17,18)/t15-/m1/s1. The van der Waals surface area contributed by atoms with Gasteiger partial charge in [0.05, 0.1) is 12.0 Å². The van der Waals surface area contributed by atoms with Crippen LogP contribution in [0.3, 0.4) is 0 Å². The number of aromatic amines is 1. The van der Waals surface area contributed by atoms with Crippen molar-refractivity contribution in [3.05, 3.63) is 71.5 Å². The molecular formula is C16H17N3O. The van der Waals surface area contributed by atoms with Gasteiger partial charge in [0.1, 0.15) is 6.26 Å². The third kappa shape index (κ3) is 2.37. The summed E-state index contributed by atoms with van der Waals surface area (Å²) in [7, 11) is 0. The van der Waals surface area contributed by atoms with Crippen LogP contribution in [0.25, 0.3) is 0 Å². The number of hydrogen-bond acceptors (Lipinski definition) is 3. The summed E-state index contributed by atoms with van der Waals surface area (Å²) in [5.41, 5.74) is 5.97. The van der Waals surface area contributed by atoms with Gasteiger partial charge in [-0.15, -0.1) is 0 Å². The van der Waals surface area contributed by atoms with Gasteiger partial charge in [0.2, 0.25) is 0 Å². The van der Waals surface area contributed by atoms with Crippen molar-refractivity contribution >= 4 is 0 Å². The lowest BCUT2D eigenvalue weighted by molar-refractivity contribution is 0.555. The Morgan fingerprint density at radius 3 is 2.90 bits per heavy atom. The number of hydrogen-bond donors (Lipinski definition) is 1. The molecule has 4 heteroatoms. The monoisotopic (exact) mass is 267 g/mol. The van der Waals surface area contributed by atoms with E-state index in [-0.39, 0.29) is 5.92 Å². The molecule has 0 fully saturated rings. The van der Waals surface area contributed by atoms with Gasteiger partial charge in [0, 0.05) is 24.2 Å². The lowest BCUT2D eigenvalue weighted by Crippen LogP contribution is -2.08. The van der Waals surface area contributed by atoms with E-state index in [1.165, 1.54) is 23.1 Å². The molecule has 1 N–H and O–H groups in total. The number of nitrogens with one attached hydrogen (secondary N) is 1. The summed E-state index contributed by atoms with van der Waals surface area (Å²) in [5.74, 6) is 0.211. The van der Waals surface area contributed by atoms with Crippen LogP contribution < -0.4 is 0 Å². The van der Waals surface area contributed by atoms with Crippen LogP contribution in [0.15, 0.2) is 47.8 Å². The number of oxazole rings is 1. The SMILES string of the molecule is Cc1cccc([C@@H](Cc2cocn2)c2cnc[nH]2)c1C. The predicted molar refractivity (Wildman–Crippen MR) is 76.6 cm³/mol. The Morgan fingerprint density at radius 1 is 1.30 bits per heavy atom. The van der Waals surface area contributed by atoms with Crippen LogP contribution in [-0.4, -0.2) is 15.0 Å². The fourth-order valence-corrected chi connectivity index (χ4v) is 2.54. The number of nitrogens with zero attached hydrogens (tertiary/aromatic N) is 2. The highest BCUT2D eigenvalue weighted by molar-refractivity contribution is 5.39. The normalized spacial score (nSPS) is 12.5. The first-order valence-electron chi connectivity index (χ1n) is 6.67. The summed E-state index contributed by atoms with van der Waals surface area (Å²) in [4.78, 5) is 11.6. The molecule has 0 spiro atoms. The van der Waals surface area contributed by atoms with E-state index in [0.29, 0.717) is 0 Å². The van der Waals surface area contributed by atoms with Gasteiger partial charge in [-0.2, -0.15) is 0 Å². The van der Waals surface area contributed by atoms with Crippen molar-refractivity contribution in [1.29, 1.82) is 0 Å². The summed E-state index contributed by atoms with van der Waals surface area (Å²) >= 11 is 0. The number of aryl methyl sites for hydroxylation is 1. The van der Waals surface area contributed by atoms with Crippen molar-refractivity contribution in [2.24, 2.45) is 0 Å². The zero-order valence-corrected chi connectivity index (χ0v) is 11.6. The maximum absolute atomic E-state index is 5.09. The van der Waals surface area contributed by atoms with Gasteiger partial charge in [0.15, 0.2) is 6.39 Å². The van der Waals surface area contributed by atoms with E-state index in [4.69, 9.17) is 4.42 Å². The second-order valence-corrected chi connectivity index (χ2v) is 5.03. The molecule has 1 atom stereocenters. The van der Waals surface area contributed by atoms with Crippen molar-refractivity contribution in [2.75, 3.05) is 0 Å². The van der Waals surface area contributed by atoms with Crippen molar-refractivity contribution < 1.29 is 4.42 Å². The van der Waals surface area contributed by atoms with E-state index < -0.39 is 0 Å². The highest BCUT2D eigenvalue weighted by atomic mass is 16.3. The van der Waals surface area contributed by atoms with Crippen molar-refractivity contribution in [3.8, 4) is 0 Å². The molecule has 0 amide bonds. The minimum absolute atomic E-state index is 0.211. The van der Waals surface area contributed by atoms with Crippen LogP contribution in [0.5, 0.6) is 0 Å². The van der Waals surface area contributed by atoms with Gasteiger partial charge in [0.25, 0.3) is 0 Å². The first-order valence-corrected chi connectivity index (χ1v) is 6.67. The smallest absolute Gasteiger partial charge is 0.180 e. The molecule has 0 saturated carbocycles. The summed E-state index contributed by atoms with van der Waals surface area (Å²) in [5, 5.41) is 0. The Balaban J connectivity index is 2.03. The molecule has 102 valence electrons. The molecule has 3 aromatic rings. The Morgan fingerprint density at radius 2 is 2.20 bits per heavy atom. The topological polar surface area (TPSA) is 54.7 Å². The van der Waals surface area contributed by atoms with Gasteiger partial charge in [-0.1, -0.05) is 18.2 Å². The lowest BCUT2D eigenvalue weighted by atomic mass is 9.87. The van der Waals surface area contributed by atoms with E-state index in [2.05, 4.69) is 47.0 Å². The van der Waals surface area contributed by atoms with Gasteiger partial charge >= 0.3 is 0 Å². The molecule has 0 aliphatic carbocycles. The maximum atomic E-state index is 5.09. The number of benzene rings is 1. The third-order valence-corrected chi connectivity index (χ3v) is 3.81. The highest BCUT2D eigenvalue weighted by Crippen LogP contribution is 2.30. The number of rotatable bonds is 4. The van der Waals surface area contributed by atoms with Crippen molar-refractivity contribution in [1.82, 2.24) is 15.0 Å². The average Bonchev–Trinajstić information content (AvgIpc) is 3.11. The second kappa shape index (κ2) is 5.33. The molecule has 0 aliphatic rings. The molecule has 0 aliphatic heterocycles. The van der Waals surface area contributed by atoms with E-state index >= 15 is 0 Å². The summed E-state index contributed by atoms with van der Waals surface area (Å²) in [6, 6.07) is 6.41. The van der Waals surface area contributed by atoms with E-state index in [1.54, 1.807) is 12.6 Å². The third-order valence-electron chi connectivity index (χ3n) is 3.81. The van der Waals surface area contributed by atoms with Crippen LogP contribution in [-0.2, 0) is 6.42 Å². The molecule has 2 heterocycles. The van der Waals surface area contributed by atoms with Crippen molar-refractivity contribution in [3.63, 3.8) is 0 Å². The van der Waals surface area contributed by atoms with Gasteiger partial charge in [-0.05, 0) is 30.5 Å². The fourth-order valence-electron chi connectivity index (χ4n) is 2.54. The Hall–Kier alpha value is -2.36. The number of aromatic nitrogens is 3. The molecule has 1 aromatic carbocycles. The molecule has 20 heavy (non-hydrogen) atoms. The molecule has 4 nitrogen and oxygen atoms in total. The number of imidazole rings is 1. The zero-order valence-electron chi connectivity index (χ0n) is 11.6. The highest BCUT2D eigenvalue weighted by Gasteiger charge is 2.20. The molecule has 0 radical (unpaired) electrons. The van der Waals surface area contributed by atoms with E-state index in [9.17, 15) is 0 Å². The molecule has 0 unspecified atom stereocenters. The fraction of sp³-hybridized carbons (Fsp3) is 0.250. The summed E-state index contributed by atoms with van der Waals surface area (Å²) in [6.45, 7) is 4.30. The van der Waals surface area contributed by atoms with Crippen LogP contribution in [0.1, 0.15) is 34.0 Å². The van der Waals surface area contributed by atoms with Gasteiger partial charge in [-0.25, -0.2) is 9.97 Å². The van der Waals surface area contributed by atoms with E-state index in [1.807, 2.05) is 6.20 Å². The Kier molecular flexibility index (Phi) is 3.37. The molecule has 3 rings (SSSR count). The molecule has 2 aromatic heterocycles. The first-order chi connectivity index (χ1) is 9.75. The maximum Gasteiger partial charge on any atom is 0.180 e. The number of H-pyrrole nitrogens is 1. The largest absolute Gasteiger partial charge is 0.451 e. The van der Waals surface area contributed by atoms with Gasteiger partial charge in [-0.3, -0.25) is 0 Å². The molecule has 0 bridgehead atoms.